The molecule has 23 heavy (non-hydrogen) atoms. The Morgan fingerprint density at radius 1 is 1.00 bits per heavy atom. The van der Waals surface area contributed by atoms with Crippen LogP contribution in [0.25, 0.3) is 0 Å². The Kier molecular flexibility index (Phi) is 5.01. The molecule has 0 aliphatic rings. The summed E-state index contributed by atoms with van der Waals surface area (Å²) in [5, 5.41) is 2.67. The van der Waals surface area contributed by atoms with E-state index >= 15 is 0 Å². The normalized spacial score (nSPS) is 10.8. The Hall–Kier alpha value is -2.82. The van der Waals surface area contributed by atoms with Crippen molar-refractivity contribution in [3.63, 3.8) is 0 Å². The molecule has 0 saturated heterocycles. The van der Waals surface area contributed by atoms with Crippen LogP contribution in [-0.2, 0) is 4.79 Å². The first-order chi connectivity index (χ1) is 10.9. The van der Waals surface area contributed by atoms with E-state index in [9.17, 15) is 18.4 Å². The van der Waals surface area contributed by atoms with E-state index in [1.54, 1.807) is 6.07 Å². The predicted octanol–water partition coefficient (Wildman–Crippen LogP) is 3.96. The van der Waals surface area contributed by atoms with E-state index in [4.69, 9.17) is 0 Å². The lowest BCUT2D eigenvalue weighted by Crippen LogP contribution is -2.10. The fraction of sp³-hybridized carbons (Fsp3) is 0.111. The number of amides is 1. The second kappa shape index (κ2) is 6.96. The van der Waals surface area contributed by atoms with Crippen molar-refractivity contribution >= 4 is 17.4 Å². The number of ketones is 1. The molecule has 0 aromatic heterocycles. The number of carbonyl (C=O) groups is 2. The summed E-state index contributed by atoms with van der Waals surface area (Å²) < 4.78 is 25.9. The Morgan fingerprint density at radius 3 is 2.43 bits per heavy atom. The maximum Gasteiger partial charge on any atom is 0.248 e. The van der Waals surface area contributed by atoms with Crippen LogP contribution in [0.5, 0.6) is 0 Å². The lowest BCUT2D eigenvalue weighted by molar-refractivity contribution is -0.111. The second-order valence-corrected chi connectivity index (χ2v) is 5.06. The molecule has 0 bridgehead atoms. The molecule has 3 nitrogen and oxygen atoms in total. The van der Waals surface area contributed by atoms with E-state index in [-0.39, 0.29) is 5.56 Å². The largest absolute Gasteiger partial charge is 0.322 e. The zero-order chi connectivity index (χ0) is 17.0. The summed E-state index contributed by atoms with van der Waals surface area (Å²) in [6.45, 7) is 3.80. The molecule has 0 unspecified atom stereocenters. The number of aryl methyl sites for hydroxylation is 1. The summed E-state index contributed by atoms with van der Waals surface area (Å²) in [5.41, 5.74) is 2.59. The molecule has 1 amide bonds. The summed E-state index contributed by atoms with van der Waals surface area (Å²) >= 11 is 0. The van der Waals surface area contributed by atoms with Crippen molar-refractivity contribution in [3.8, 4) is 0 Å². The van der Waals surface area contributed by atoms with Crippen LogP contribution in [-0.4, -0.2) is 11.7 Å². The molecule has 0 radical (unpaired) electrons. The first kappa shape index (κ1) is 16.5. The Morgan fingerprint density at radius 2 is 1.74 bits per heavy atom. The van der Waals surface area contributed by atoms with Crippen molar-refractivity contribution in [2.45, 2.75) is 13.8 Å². The summed E-state index contributed by atoms with van der Waals surface area (Å²) in [6, 6.07) is 8.32. The quantitative estimate of drug-likeness (QED) is 0.686. The van der Waals surface area contributed by atoms with Gasteiger partial charge in [-0.2, -0.15) is 0 Å². The number of carbonyl (C=O) groups excluding carboxylic acids is 2. The van der Waals surface area contributed by atoms with Crippen molar-refractivity contribution in [2.24, 2.45) is 0 Å². The van der Waals surface area contributed by atoms with Crippen LogP contribution in [0.2, 0.25) is 0 Å². The molecule has 2 rings (SSSR count). The summed E-state index contributed by atoms with van der Waals surface area (Å²) in [6.07, 6.45) is 2.08. The van der Waals surface area contributed by atoms with E-state index in [0.717, 1.165) is 41.5 Å². The third-order valence-electron chi connectivity index (χ3n) is 3.45. The molecule has 0 aliphatic carbocycles. The molecule has 2 aromatic carbocycles. The van der Waals surface area contributed by atoms with Gasteiger partial charge < -0.3 is 5.32 Å². The van der Waals surface area contributed by atoms with Gasteiger partial charge >= 0.3 is 0 Å². The molecule has 0 fully saturated rings. The van der Waals surface area contributed by atoms with Gasteiger partial charge in [-0.3, -0.25) is 9.59 Å². The summed E-state index contributed by atoms with van der Waals surface area (Å²) in [5.74, 6) is -3.20. The standard InChI is InChI=1S/C18H15F2NO2/c1-11-4-3-5-16(12(11)2)21-18(23)9-8-17(22)13-6-7-14(19)15(20)10-13/h3-10H,1-2H3,(H,21,23)/b9-8+. The van der Waals surface area contributed by atoms with Gasteiger partial charge in [0.15, 0.2) is 17.4 Å². The van der Waals surface area contributed by atoms with Crippen LogP contribution in [0, 0.1) is 25.5 Å². The van der Waals surface area contributed by atoms with Gasteiger partial charge in [0.25, 0.3) is 0 Å². The smallest absolute Gasteiger partial charge is 0.248 e. The Balaban J connectivity index is 2.07. The highest BCUT2D eigenvalue weighted by Crippen LogP contribution is 2.17. The average molecular weight is 315 g/mol. The minimum absolute atomic E-state index is 0.0281. The minimum atomic E-state index is -1.11. The lowest BCUT2D eigenvalue weighted by Gasteiger charge is -2.08. The number of allylic oxidation sites excluding steroid dienone is 1. The highest BCUT2D eigenvalue weighted by Gasteiger charge is 2.08. The SMILES string of the molecule is Cc1cccc(NC(=O)/C=C/C(=O)c2ccc(F)c(F)c2)c1C. The third kappa shape index (κ3) is 4.10. The van der Waals surface area contributed by atoms with Crippen molar-refractivity contribution in [2.75, 3.05) is 5.32 Å². The molecule has 0 heterocycles. The first-order valence-corrected chi connectivity index (χ1v) is 6.93. The van der Waals surface area contributed by atoms with Crippen molar-refractivity contribution in [1.82, 2.24) is 0 Å². The molecular formula is C18H15F2NO2. The van der Waals surface area contributed by atoms with Crippen LogP contribution < -0.4 is 5.32 Å². The molecule has 5 heteroatoms. The number of hydrogen-bond acceptors (Lipinski definition) is 2. The number of hydrogen-bond donors (Lipinski definition) is 1. The van der Waals surface area contributed by atoms with Gasteiger partial charge in [0.05, 0.1) is 0 Å². The molecule has 0 saturated carbocycles. The van der Waals surface area contributed by atoms with Gasteiger partial charge in [-0.25, -0.2) is 8.78 Å². The Bertz CT molecular complexity index is 798. The van der Waals surface area contributed by atoms with Crippen LogP contribution in [0.15, 0.2) is 48.6 Å². The van der Waals surface area contributed by atoms with Crippen molar-refractivity contribution in [1.29, 1.82) is 0 Å². The average Bonchev–Trinajstić information content (AvgIpc) is 2.52. The first-order valence-electron chi connectivity index (χ1n) is 6.93. The Labute approximate surface area is 132 Å². The van der Waals surface area contributed by atoms with E-state index in [0.29, 0.717) is 5.69 Å². The fourth-order valence-electron chi connectivity index (χ4n) is 1.96. The minimum Gasteiger partial charge on any atom is -0.322 e. The molecule has 118 valence electrons. The summed E-state index contributed by atoms with van der Waals surface area (Å²) in [7, 11) is 0. The number of halogens is 2. The maximum atomic E-state index is 13.1. The van der Waals surface area contributed by atoms with E-state index < -0.39 is 23.3 Å². The van der Waals surface area contributed by atoms with Crippen LogP contribution in [0.1, 0.15) is 21.5 Å². The monoisotopic (exact) mass is 315 g/mol. The number of rotatable bonds is 4. The highest BCUT2D eigenvalue weighted by atomic mass is 19.2. The highest BCUT2D eigenvalue weighted by molar-refractivity contribution is 6.09. The zero-order valence-corrected chi connectivity index (χ0v) is 12.7. The molecule has 1 N–H and O–H groups in total. The van der Waals surface area contributed by atoms with Gasteiger partial charge in [0, 0.05) is 17.3 Å². The molecule has 0 atom stereocenters. The molecule has 0 aliphatic heterocycles. The number of nitrogens with one attached hydrogen (secondary N) is 1. The van der Waals surface area contributed by atoms with Crippen LogP contribution in [0.4, 0.5) is 14.5 Å². The van der Waals surface area contributed by atoms with Crippen LogP contribution in [0.3, 0.4) is 0 Å². The van der Waals surface area contributed by atoms with Gasteiger partial charge in [0.1, 0.15) is 0 Å². The molecule has 2 aromatic rings. The van der Waals surface area contributed by atoms with Gasteiger partial charge in [0.2, 0.25) is 5.91 Å². The van der Waals surface area contributed by atoms with E-state index in [1.807, 2.05) is 26.0 Å². The van der Waals surface area contributed by atoms with Gasteiger partial charge in [-0.05, 0) is 55.3 Å². The summed E-state index contributed by atoms with van der Waals surface area (Å²) in [4.78, 5) is 23.7. The van der Waals surface area contributed by atoms with E-state index in [1.165, 1.54) is 0 Å². The van der Waals surface area contributed by atoms with Gasteiger partial charge in [-0.1, -0.05) is 12.1 Å². The maximum absolute atomic E-state index is 13.1. The van der Waals surface area contributed by atoms with Gasteiger partial charge in [-0.15, -0.1) is 0 Å². The van der Waals surface area contributed by atoms with Crippen molar-refractivity contribution in [3.05, 3.63) is 76.9 Å². The third-order valence-corrected chi connectivity index (χ3v) is 3.45. The molecular weight excluding hydrogens is 300 g/mol. The predicted molar refractivity (Wildman–Crippen MR) is 84.4 cm³/mol. The zero-order valence-electron chi connectivity index (χ0n) is 12.7. The van der Waals surface area contributed by atoms with Crippen molar-refractivity contribution < 1.29 is 18.4 Å². The second-order valence-electron chi connectivity index (χ2n) is 5.06. The topological polar surface area (TPSA) is 46.2 Å². The van der Waals surface area contributed by atoms with Crippen LogP contribution >= 0.6 is 0 Å². The van der Waals surface area contributed by atoms with E-state index in [2.05, 4.69) is 5.32 Å². The fourth-order valence-corrected chi connectivity index (χ4v) is 1.96. The molecule has 0 spiro atoms. The lowest BCUT2D eigenvalue weighted by atomic mass is 10.1. The number of anilines is 1. The number of benzene rings is 2.